The summed E-state index contributed by atoms with van der Waals surface area (Å²) in [6.45, 7) is 1.73. The zero-order chi connectivity index (χ0) is 11.4. The summed E-state index contributed by atoms with van der Waals surface area (Å²) in [5, 5.41) is 3.25. The maximum absolute atomic E-state index is 11.2. The fraction of sp³-hybridized carbons (Fsp3) is 0.462. The molecule has 1 aliphatic heterocycles. The second kappa shape index (κ2) is 6.03. The van der Waals surface area contributed by atoms with Gasteiger partial charge in [-0.15, -0.1) is 12.4 Å². The fourth-order valence-corrected chi connectivity index (χ4v) is 2.21. The van der Waals surface area contributed by atoms with Gasteiger partial charge in [-0.05, 0) is 37.1 Å². The van der Waals surface area contributed by atoms with Crippen LogP contribution >= 0.6 is 12.4 Å². The van der Waals surface area contributed by atoms with Gasteiger partial charge < -0.3 is 14.8 Å². The van der Waals surface area contributed by atoms with Gasteiger partial charge in [0.15, 0.2) is 0 Å². The van der Waals surface area contributed by atoms with Crippen molar-refractivity contribution in [2.75, 3.05) is 20.2 Å². The first kappa shape index (κ1) is 14.0. The molecule has 0 bridgehead atoms. The van der Waals surface area contributed by atoms with Crippen LogP contribution in [-0.4, -0.2) is 26.5 Å². The second-order valence-electron chi connectivity index (χ2n) is 4.43. The lowest BCUT2D eigenvalue weighted by atomic mass is 9.82. The minimum atomic E-state index is -0.200. The second-order valence-corrected chi connectivity index (χ2v) is 4.43. The van der Waals surface area contributed by atoms with E-state index in [0.29, 0.717) is 0 Å². The van der Waals surface area contributed by atoms with Gasteiger partial charge in [-0.1, -0.05) is 12.1 Å². The minimum Gasteiger partial charge on any atom is -0.497 e. The Labute approximate surface area is 108 Å². The Bertz CT molecular complexity index is 358. The van der Waals surface area contributed by atoms with Crippen molar-refractivity contribution < 1.29 is 9.53 Å². The molecule has 0 spiro atoms. The van der Waals surface area contributed by atoms with Crippen LogP contribution in [0.25, 0.3) is 0 Å². The summed E-state index contributed by atoms with van der Waals surface area (Å²) in [4.78, 5) is 11.2. The summed E-state index contributed by atoms with van der Waals surface area (Å²) in [5.74, 6) is 0.855. The number of benzene rings is 1. The molecule has 1 heterocycles. The molecule has 94 valence electrons. The number of aldehydes is 1. The van der Waals surface area contributed by atoms with Crippen molar-refractivity contribution in [1.82, 2.24) is 5.32 Å². The zero-order valence-corrected chi connectivity index (χ0v) is 10.8. The van der Waals surface area contributed by atoms with Gasteiger partial charge in [0.05, 0.1) is 7.11 Å². The molecule has 1 unspecified atom stereocenters. The third kappa shape index (κ3) is 3.20. The number of hydrogen-bond acceptors (Lipinski definition) is 3. The van der Waals surface area contributed by atoms with Gasteiger partial charge in [-0.3, -0.25) is 0 Å². The summed E-state index contributed by atoms with van der Waals surface area (Å²) < 4.78 is 5.11. The number of methoxy groups -OCH3 is 1. The molecule has 1 atom stereocenters. The summed E-state index contributed by atoms with van der Waals surface area (Å²) >= 11 is 0. The summed E-state index contributed by atoms with van der Waals surface area (Å²) in [6.07, 6.45) is 2.85. The number of nitrogens with one attached hydrogen (secondary N) is 1. The highest BCUT2D eigenvalue weighted by atomic mass is 35.5. The summed E-state index contributed by atoms with van der Waals surface area (Å²) in [6, 6.07) is 7.94. The quantitative estimate of drug-likeness (QED) is 0.835. The predicted octanol–water partition coefficient (Wildman–Crippen LogP) is 1.84. The average Bonchev–Trinajstić information content (AvgIpc) is 2.79. The number of hydrogen-bond donors (Lipinski definition) is 1. The van der Waals surface area contributed by atoms with Gasteiger partial charge in [0.2, 0.25) is 0 Å². The van der Waals surface area contributed by atoms with Gasteiger partial charge in [-0.2, -0.15) is 0 Å². The Hall–Kier alpha value is -1.06. The van der Waals surface area contributed by atoms with E-state index in [1.54, 1.807) is 7.11 Å². The molecular weight excluding hydrogens is 238 g/mol. The van der Waals surface area contributed by atoms with Crippen molar-refractivity contribution in [3.63, 3.8) is 0 Å². The van der Waals surface area contributed by atoms with Crippen LogP contribution in [0.5, 0.6) is 5.75 Å². The van der Waals surface area contributed by atoms with Gasteiger partial charge in [0, 0.05) is 12.0 Å². The molecule has 4 heteroatoms. The number of halogens is 1. The topological polar surface area (TPSA) is 38.3 Å². The largest absolute Gasteiger partial charge is 0.497 e. The molecule has 1 aromatic rings. The van der Waals surface area contributed by atoms with E-state index >= 15 is 0 Å². The Balaban J connectivity index is 0.00000144. The summed E-state index contributed by atoms with van der Waals surface area (Å²) in [7, 11) is 1.66. The predicted molar refractivity (Wildman–Crippen MR) is 69.9 cm³/mol. The molecule has 0 aliphatic carbocycles. The standard InChI is InChI=1S/C13H17NO2.ClH/c1-16-12-4-2-11(3-5-12)8-13(10-15)6-7-14-9-13;/h2-5,10,14H,6-9H2,1H3;1H. The van der Waals surface area contributed by atoms with Gasteiger partial charge in [0.1, 0.15) is 12.0 Å². The van der Waals surface area contributed by atoms with Crippen molar-refractivity contribution in [2.24, 2.45) is 5.41 Å². The lowest BCUT2D eigenvalue weighted by Gasteiger charge is -2.20. The normalized spacial score (nSPS) is 22.9. The fourth-order valence-electron chi connectivity index (χ4n) is 2.21. The first-order valence-electron chi connectivity index (χ1n) is 5.58. The Morgan fingerprint density at radius 1 is 1.41 bits per heavy atom. The van der Waals surface area contributed by atoms with Crippen LogP contribution in [0.1, 0.15) is 12.0 Å². The van der Waals surface area contributed by atoms with Crippen molar-refractivity contribution >= 4 is 18.7 Å². The van der Waals surface area contributed by atoms with Crippen LogP contribution in [0.15, 0.2) is 24.3 Å². The Kier molecular flexibility index (Phi) is 4.97. The van der Waals surface area contributed by atoms with Crippen LogP contribution in [0, 0.1) is 5.41 Å². The Morgan fingerprint density at radius 2 is 2.12 bits per heavy atom. The lowest BCUT2D eigenvalue weighted by molar-refractivity contribution is -0.115. The maximum atomic E-state index is 11.2. The van der Waals surface area contributed by atoms with Crippen LogP contribution < -0.4 is 10.1 Å². The molecule has 0 aromatic heterocycles. The van der Waals surface area contributed by atoms with Crippen LogP contribution in [0.4, 0.5) is 0 Å². The third-order valence-corrected chi connectivity index (χ3v) is 3.24. The minimum absolute atomic E-state index is 0. The van der Waals surface area contributed by atoms with E-state index in [0.717, 1.165) is 38.0 Å². The first-order chi connectivity index (χ1) is 7.78. The smallest absolute Gasteiger partial charge is 0.127 e. The van der Waals surface area contributed by atoms with E-state index in [2.05, 4.69) is 5.32 Å². The van der Waals surface area contributed by atoms with Crippen molar-refractivity contribution in [2.45, 2.75) is 12.8 Å². The number of rotatable bonds is 4. The lowest BCUT2D eigenvalue weighted by Crippen LogP contribution is -2.28. The van der Waals surface area contributed by atoms with Crippen molar-refractivity contribution in [3.05, 3.63) is 29.8 Å². The zero-order valence-electron chi connectivity index (χ0n) is 9.94. The molecule has 17 heavy (non-hydrogen) atoms. The van der Waals surface area contributed by atoms with Gasteiger partial charge >= 0.3 is 0 Å². The van der Waals surface area contributed by atoms with E-state index in [9.17, 15) is 4.79 Å². The van der Waals surface area contributed by atoms with E-state index < -0.39 is 0 Å². The van der Waals surface area contributed by atoms with Gasteiger partial charge in [-0.25, -0.2) is 0 Å². The van der Waals surface area contributed by atoms with E-state index in [1.165, 1.54) is 5.56 Å². The molecule has 1 aromatic carbocycles. The highest BCUT2D eigenvalue weighted by molar-refractivity contribution is 5.85. The maximum Gasteiger partial charge on any atom is 0.127 e. The monoisotopic (exact) mass is 255 g/mol. The molecule has 0 radical (unpaired) electrons. The number of carbonyl (C=O) groups excluding carboxylic acids is 1. The molecule has 3 nitrogen and oxygen atoms in total. The average molecular weight is 256 g/mol. The molecule has 0 saturated carbocycles. The van der Waals surface area contributed by atoms with Crippen molar-refractivity contribution in [1.29, 1.82) is 0 Å². The molecule has 1 N–H and O–H groups in total. The van der Waals surface area contributed by atoms with Crippen molar-refractivity contribution in [3.8, 4) is 5.75 Å². The Morgan fingerprint density at radius 3 is 2.59 bits per heavy atom. The molecule has 0 amide bonds. The van der Waals surface area contributed by atoms with E-state index in [4.69, 9.17) is 4.74 Å². The van der Waals surface area contributed by atoms with E-state index in [-0.39, 0.29) is 17.8 Å². The summed E-state index contributed by atoms with van der Waals surface area (Å²) in [5.41, 5.74) is 0.991. The SMILES string of the molecule is COc1ccc(CC2(C=O)CCNC2)cc1.Cl. The molecule has 1 fully saturated rings. The molecule has 1 saturated heterocycles. The highest BCUT2D eigenvalue weighted by Crippen LogP contribution is 2.28. The number of carbonyl (C=O) groups is 1. The van der Waals surface area contributed by atoms with Crippen LogP contribution in [0.2, 0.25) is 0 Å². The van der Waals surface area contributed by atoms with Crippen LogP contribution in [-0.2, 0) is 11.2 Å². The number of ether oxygens (including phenoxy) is 1. The first-order valence-corrected chi connectivity index (χ1v) is 5.58. The molecule has 1 aliphatic rings. The van der Waals surface area contributed by atoms with Crippen LogP contribution in [0.3, 0.4) is 0 Å². The van der Waals surface area contributed by atoms with Gasteiger partial charge in [0.25, 0.3) is 0 Å². The highest BCUT2D eigenvalue weighted by Gasteiger charge is 2.33. The third-order valence-electron chi connectivity index (χ3n) is 3.24. The molecular formula is C13H18ClNO2. The van der Waals surface area contributed by atoms with E-state index in [1.807, 2.05) is 24.3 Å². The molecule has 2 rings (SSSR count).